The molecular weight excluding hydrogens is 248 g/mol. The van der Waals surface area contributed by atoms with Crippen LogP contribution in [0.2, 0.25) is 0 Å². The first-order valence-corrected chi connectivity index (χ1v) is 7.28. The molecule has 106 valence electrons. The summed E-state index contributed by atoms with van der Waals surface area (Å²) >= 11 is 0. The Hall–Kier alpha value is -1.96. The normalized spacial score (nSPS) is 10.8. The Morgan fingerprint density at radius 1 is 0.850 bits per heavy atom. The van der Waals surface area contributed by atoms with Crippen LogP contribution in [0.1, 0.15) is 37.5 Å². The zero-order valence-corrected chi connectivity index (χ0v) is 12.4. The highest BCUT2D eigenvalue weighted by Gasteiger charge is 2.16. The summed E-state index contributed by atoms with van der Waals surface area (Å²) in [6.45, 7) is 6.10. The van der Waals surface area contributed by atoms with Gasteiger partial charge in [-0.1, -0.05) is 45.0 Å². The number of hydrogen-bond acceptors (Lipinski definition) is 2. The molecule has 0 radical (unpaired) electrons. The van der Waals surface area contributed by atoms with Crippen molar-refractivity contribution in [2.24, 2.45) is 0 Å². The summed E-state index contributed by atoms with van der Waals surface area (Å²) in [5.74, 6) is 0.0588. The first-order chi connectivity index (χ1) is 9.62. The maximum Gasteiger partial charge on any atom is 0.161 e. The van der Waals surface area contributed by atoms with Gasteiger partial charge in [0.1, 0.15) is 0 Å². The third kappa shape index (κ3) is 2.51. The molecule has 0 heterocycles. The van der Waals surface area contributed by atoms with Crippen molar-refractivity contribution in [1.29, 1.82) is 0 Å². The maximum absolute atomic E-state index is 10.2. The topological polar surface area (TPSA) is 40.5 Å². The highest BCUT2D eigenvalue weighted by atomic mass is 16.3. The molecule has 0 saturated heterocycles. The SMILES string of the molecule is CCc1cccc(-c2cc(CC)c(O)c(O)c2CC)c1. The molecule has 0 saturated carbocycles. The molecule has 2 nitrogen and oxygen atoms in total. The lowest BCUT2D eigenvalue weighted by atomic mass is 9.92. The summed E-state index contributed by atoms with van der Waals surface area (Å²) in [7, 11) is 0. The lowest BCUT2D eigenvalue weighted by Gasteiger charge is -2.15. The number of benzene rings is 2. The lowest BCUT2D eigenvalue weighted by molar-refractivity contribution is 0.396. The van der Waals surface area contributed by atoms with E-state index in [0.29, 0.717) is 12.8 Å². The van der Waals surface area contributed by atoms with Crippen LogP contribution in [0, 0.1) is 0 Å². The maximum atomic E-state index is 10.2. The minimum Gasteiger partial charge on any atom is -0.504 e. The molecule has 2 aromatic carbocycles. The molecule has 2 heteroatoms. The van der Waals surface area contributed by atoms with Crippen LogP contribution in [0.15, 0.2) is 30.3 Å². The number of phenols is 2. The standard InChI is InChI=1S/C18H22O2/c1-4-12-8-7-9-14(10-12)16-11-13(5-2)17(19)18(20)15(16)6-3/h7-11,19-20H,4-6H2,1-3H3. The van der Waals surface area contributed by atoms with E-state index in [-0.39, 0.29) is 11.5 Å². The predicted octanol–water partition coefficient (Wildman–Crippen LogP) is 4.45. The van der Waals surface area contributed by atoms with E-state index in [0.717, 1.165) is 28.7 Å². The van der Waals surface area contributed by atoms with Gasteiger partial charge in [-0.15, -0.1) is 0 Å². The van der Waals surface area contributed by atoms with Crippen LogP contribution in [-0.2, 0) is 19.3 Å². The van der Waals surface area contributed by atoms with Gasteiger partial charge in [0.15, 0.2) is 11.5 Å². The van der Waals surface area contributed by atoms with E-state index in [9.17, 15) is 10.2 Å². The second kappa shape index (κ2) is 6.00. The zero-order valence-electron chi connectivity index (χ0n) is 12.4. The van der Waals surface area contributed by atoms with Gasteiger partial charge in [0, 0.05) is 5.56 Å². The molecule has 0 aliphatic rings. The molecule has 0 aromatic heterocycles. The van der Waals surface area contributed by atoms with Crippen molar-refractivity contribution < 1.29 is 10.2 Å². The van der Waals surface area contributed by atoms with E-state index in [1.807, 2.05) is 26.0 Å². The molecule has 0 amide bonds. The van der Waals surface area contributed by atoms with E-state index in [4.69, 9.17) is 0 Å². The number of aromatic hydroxyl groups is 2. The summed E-state index contributed by atoms with van der Waals surface area (Å²) in [6.07, 6.45) is 2.37. The second-order valence-electron chi connectivity index (χ2n) is 5.02. The zero-order chi connectivity index (χ0) is 14.7. The van der Waals surface area contributed by atoms with E-state index < -0.39 is 0 Å². The average Bonchev–Trinajstić information content (AvgIpc) is 2.49. The van der Waals surface area contributed by atoms with Crippen molar-refractivity contribution in [3.63, 3.8) is 0 Å². The molecule has 0 bridgehead atoms. The van der Waals surface area contributed by atoms with Crippen molar-refractivity contribution in [2.75, 3.05) is 0 Å². The summed E-state index contributed by atoms with van der Waals surface area (Å²) in [6, 6.07) is 10.4. The van der Waals surface area contributed by atoms with Gasteiger partial charge in [-0.3, -0.25) is 0 Å². The van der Waals surface area contributed by atoms with Crippen LogP contribution in [0.3, 0.4) is 0 Å². The lowest BCUT2D eigenvalue weighted by Crippen LogP contribution is -1.94. The Labute approximate surface area is 120 Å². The van der Waals surface area contributed by atoms with E-state index >= 15 is 0 Å². The molecule has 0 aliphatic carbocycles. The number of phenolic OH excluding ortho intramolecular Hbond substituents is 2. The Balaban J connectivity index is 2.68. The molecule has 0 spiro atoms. The second-order valence-corrected chi connectivity index (χ2v) is 5.02. The Morgan fingerprint density at radius 2 is 1.60 bits per heavy atom. The minimum atomic E-state index is 0.0275. The Bertz CT molecular complexity index is 615. The fourth-order valence-corrected chi connectivity index (χ4v) is 2.60. The van der Waals surface area contributed by atoms with Gasteiger partial charge in [0.2, 0.25) is 0 Å². The molecule has 0 fully saturated rings. The minimum absolute atomic E-state index is 0.0275. The molecular formula is C18H22O2. The van der Waals surface area contributed by atoms with Crippen molar-refractivity contribution >= 4 is 0 Å². The van der Waals surface area contributed by atoms with E-state index in [1.54, 1.807) is 0 Å². The number of rotatable bonds is 4. The summed E-state index contributed by atoms with van der Waals surface area (Å²) in [5, 5.41) is 20.3. The fraction of sp³-hybridized carbons (Fsp3) is 0.333. The number of hydrogen-bond donors (Lipinski definition) is 2. The summed E-state index contributed by atoms with van der Waals surface area (Å²) in [4.78, 5) is 0. The van der Waals surface area contributed by atoms with Gasteiger partial charge in [-0.25, -0.2) is 0 Å². The van der Waals surface area contributed by atoms with Crippen LogP contribution < -0.4 is 0 Å². The molecule has 0 atom stereocenters. The number of aryl methyl sites for hydroxylation is 2. The Morgan fingerprint density at radius 3 is 2.20 bits per heavy atom. The van der Waals surface area contributed by atoms with Crippen molar-refractivity contribution in [2.45, 2.75) is 40.0 Å². The van der Waals surface area contributed by atoms with Crippen LogP contribution in [0.5, 0.6) is 11.5 Å². The van der Waals surface area contributed by atoms with E-state index in [1.165, 1.54) is 5.56 Å². The van der Waals surface area contributed by atoms with Crippen molar-refractivity contribution in [1.82, 2.24) is 0 Å². The smallest absolute Gasteiger partial charge is 0.161 e. The predicted molar refractivity (Wildman–Crippen MR) is 83.3 cm³/mol. The summed E-state index contributed by atoms with van der Waals surface area (Å²) in [5.41, 5.74) is 5.00. The van der Waals surface area contributed by atoms with Crippen LogP contribution in [-0.4, -0.2) is 10.2 Å². The van der Waals surface area contributed by atoms with Gasteiger partial charge in [-0.05, 0) is 47.6 Å². The molecule has 0 unspecified atom stereocenters. The molecule has 0 aliphatic heterocycles. The van der Waals surface area contributed by atoms with Gasteiger partial charge < -0.3 is 10.2 Å². The van der Waals surface area contributed by atoms with Crippen molar-refractivity contribution in [3.8, 4) is 22.6 Å². The first-order valence-electron chi connectivity index (χ1n) is 7.28. The van der Waals surface area contributed by atoms with Gasteiger partial charge >= 0.3 is 0 Å². The van der Waals surface area contributed by atoms with Crippen LogP contribution in [0.4, 0.5) is 0 Å². The monoisotopic (exact) mass is 270 g/mol. The highest BCUT2D eigenvalue weighted by Crippen LogP contribution is 2.40. The highest BCUT2D eigenvalue weighted by molar-refractivity contribution is 5.74. The third-order valence-corrected chi connectivity index (χ3v) is 3.84. The van der Waals surface area contributed by atoms with Gasteiger partial charge in [0.05, 0.1) is 0 Å². The van der Waals surface area contributed by atoms with Crippen LogP contribution >= 0.6 is 0 Å². The molecule has 2 aromatic rings. The molecule has 20 heavy (non-hydrogen) atoms. The summed E-state index contributed by atoms with van der Waals surface area (Å²) < 4.78 is 0. The average molecular weight is 270 g/mol. The van der Waals surface area contributed by atoms with Gasteiger partial charge in [0.25, 0.3) is 0 Å². The van der Waals surface area contributed by atoms with E-state index in [2.05, 4.69) is 25.1 Å². The fourth-order valence-electron chi connectivity index (χ4n) is 2.60. The molecule has 2 rings (SSSR count). The third-order valence-electron chi connectivity index (χ3n) is 3.84. The van der Waals surface area contributed by atoms with Crippen LogP contribution in [0.25, 0.3) is 11.1 Å². The molecule has 2 N–H and O–H groups in total. The van der Waals surface area contributed by atoms with Gasteiger partial charge in [-0.2, -0.15) is 0 Å². The first kappa shape index (κ1) is 14.4. The Kier molecular flexibility index (Phi) is 4.33. The quantitative estimate of drug-likeness (QED) is 0.806. The largest absolute Gasteiger partial charge is 0.504 e. The van der Waals surface area contributed by atoms with Crippen molar-refractivity contribution in [3.05, 3.63) is 47.0 Å².